The molecule has 0 amide bonds. The van der Waals surface area contributed by atoms with Crippen LogP contribution in [0.4, 0.5) is 23.0 Å². The fraction of sp³-hybridized carbons (Fsp3) is 0. The summed E-state index contributed by atoms with van der Waals surface area (Å²) in [5.74, 6) is -0.481. The maximum Gasteiger partial charge on any atom is 0.243 e. The molecule has 5 N–H and O–H groups in total. The maximum atomic E-state index is 11.7. The molecule has 0 aliphatic heterocycles. The van der Waals surface area contributed by atoms with Crippen LogP contribution in [0, 0.1) is 0 Å². The molecule has 136 valence electrons. The number of hydrogen-bond donors (Lipinski definition) is 4. The third-order valence-electron chi connectivity index (χ3n) is 3.22. The lowest BCUT2D eigenvalue weighted by Crippen LogP contribution is -2.13. The van der Waals surface area contributed by atoms with Gasteiger partial charge in [-0.05, 0) is 24.3 Å². The molecule has 2 aromatic carbocycles. The van der Waals surface area contributed by atoms with Gasteiger partial charge in [-0.3, -0.25) is 0 Å². The van der Waals surface area contributed by atoms with Crippen LogP contribution >= 0.6 is 22.7 Å². The number of para-hydroxylation sites is 1. The predicted molar refractivity (Wildman–Crippen MR) is 98.2 cm³/mol. The number of benzene rings is 2. The number of rotatable bonds is 5. The lowest BCUT2D eigenvalue weighted by molar-refractivity contribution is 0.461. The van der Waals surface area contributed by atoms with Crippen LogP contribution in [0.2, 0.25) is 5.02 Å². The summed E-state index contributed by atoms with van der Waals surface area (Å²) in [5, 5.41) is 20.7. The highest BCUT2D eigenvalue weighted by molar-refractivity contribution is 7.89. The molecule has 26 heavy (non-hydrogen) atoms. The number of nitrogens with two attached hydrogens (primary N) is 1. The summed E-state index contributed by atoms with van der Waals surface area (Å²) in [6.07, 6.45) is 0. The normalized spacial score (nSPS) is 12.0. The Balaban J connectivity index is 1.98. The third kappa shape index (κ3) is 3.86. The zero-order valence-corrected chi connectivity index (χ0v) is 15.3. The fourth-order valence-electron chi connectivity index (χ4n) is 2.13. The maximum absolute atomic E-state index is 11.7. The summed E-state index contributed by atoms with van der Waals surface area (Å²) in [4.78, 5) is -0.626. The van der Waals surface area contributed by atoms with Crippen molar-refractivity contribution in [3.05, 3.63) is 47.5 Å². The third-order valence-corrected chi connectivity index (χ3v) is 5.31. The van der Waals surface area contributed by atoms with E-state index in [4.69, 9.17) is 16.7 Å². The standard InChI is InChI=1S/C14H12ClN5O4S2/c15-9-6-7-10(11(21)12(9)26(16,23)24)18-14-13(19-25(22)20-14)17-8-4-2-1-3-5-8/h1-7,21H,(H,17,19)(H,18,20)(H2,16,23,24). The van der Waals surface area contributed by atoms with E-state index in [1.807, 2.05) is 6.07 Å². The molecular formula is C14H12ClN5O4S2. The minimum absolute atomic E-state index is 0.0429. The van der Waals surface area contributed by atoms with E-state index in [2.05, 4.69) is 19.4 Å². The highest BCUT2D eigenvalue weighted by Crippen LogP contribution is 2.39. The molecular weight excluding hydrogens is 402 g/mol. The number of nitrogens with zero attached hydrogens (tertiary/aromatic N) is 2. The van der Waals surface area contributed by atoms with E-state index in [0.29, 0.717) is 5.69 Å². The van der Waals surface area contributed by atoms with Gasteiger partial charge in [0.1, 0.15) is 4.90 Å². The van der Waals surface area contributed by atoms with Crippen molar-refractivity contribution in [3.63, 3.8) is 0 Å². The Bertz CT molecular complexity index is 1060. The van der Waals surface area contributed by atoms with E-state index in [1.54, 1.807) is 24.3 Å². The Morgan fingerprint density at radius 2 is 1.69 bits per heavy atom. The highest BCUT2D eigenvalue weighted by atomic mass is 35.5. The van der Waals surface area contributed by atoms with Gasteiger partial charge in [0.2, 0.25) is 21.7 Å². The van der Waals surface area contributed by atoms with Gasteiger partial charge >= 0.3 is 0 Å². The van der Waals surface area contributed by atoms with Crippen molar-refractivity contribution < 1.29 is 18.1 Å². The van der Waals surface area contributed by atoms with Crippen LogP contribution < -0.4 is 15.8 Å². The van der Waals surface area contributed by atoms with Crippen LogP contribution in [0.3, 0.4) is 0 Å². The molecule has 9 nitrogen and oxygen atoms in total. The number of nitrogens with one attached hydrogen (secondary N) is 2. The van der Waals surface area contributed by atoms with Gasteiger partial charge in [0, 0.05) is 14.4 Å². The van der Waals surface area contributed by atoms with Crippen molar-refractivity contribution in [2.75, 3.05) is 10.6 Å². The second-order valence-electron chi connectivity index (χ2n) is 5.04. The molecule has 0 saturated carbocycles. The summed E-state index contributed by atoms with van der Waals surface area (Å²) in [7, 11) is -4.26. The molecule has 1 heterocycles. The van der Waals surface area contributed by atoms with Gasteiger partial charge in [0.05, 0.1) is 10.7 Å². The topological polar surface area (TPSA) is 153 Å². The average Bonchev–Trinajstić information content (AvgIpc) is 2.89. The molecule has 0 bridgehead atoms. The number of aromatic nitrogens is 2. The Morgan fingerprint density at radius 1 is 1.08 bits per heavy atom. The largest absolute Gasteiger partial charge is 0.546 e. The molecule has 0 saturated heterocycles. The summed E-state index contributed by atoms with van der Waals surface area (Å²) in [5.41, 5.74) is 0.629. The van der Waals surface area contributed by atoms with Crippen molar-refractivity contribution in [2.24, 2.45) is 5.14 Å². The van der Waals surface area contributed by atoms with Gasteiger partial charge < -0.3 is 20.3 Å². The first-order chi connectivity index (χ1) is 12.3. The molecule has 0 radical (unpaired) electrons. The quantitative estimate of drug-likeness (QED) is 0.367. The molecule has 1 aromatic heterocycles. The van der Waals surface area contributed by atoms with Gasteiger partial charge in [-0.15, -0.1) is 0 Å². The molecule has 0 spiro atoms. The van der Waals surface area contributed by atoms with Crippen molar-refractivity contribution in [1.29, 1.82) is 0 Å². The number of primary sulfonamides is 1. The summed E-state index contributed by atoms with van der Waals surface area (Å²) < 4.78 is 42.5. The van der Waals surface area contributed by atoms with E-state index in [0.717, 1.165) is 0 Å². The minimum Gasteiger partial charge on any atom is -0.546 e. The number of aromatic hydroxyl groups is 1. The Kier molecular flexibility index (Phi) is 4.98. The number of hydrogen-bond acceptors (Lipinski definition) is 8. The van der Waals surface area contributed by atoms with Gasteiger partial charge in [0.15, 0.2) is 16.9 Å². The smallest absolute Gasteiger partial charge is 0.243 e. The molecule has 3 rings (SSSR count). The number of phenolic OH excluding ortho intramolecular Hbond substituents is 1. The van der Waals surface area contributed by atoms with Crippen molar-refractivity contribution in [2.45, 2.75) is 4.90 Å². The predicted octanol–water partition coefficient (Wildman–Crippen LogP) is 2.70. The number of sulfonamides is 1. The highest BCUT2D eigenvalue weighted by Gasteiger charge is 2.23. The fourth-order valence-corrected chi connectivity index (χ4v) is 3.94. The van der Waals surface area contributed by atoms with E-state index >= 15 is 0 Å². The lowest BCUT2D eigenvalue weighted by atomic mass is 10.3. The van der Waals surface area contributed by atoms with Crippen LogP contribution in [0.1, 0.15) is 0 Å². The second-order valence-corrected chi connectivity index (χ2v) is 7.78. The lowest BCUT2D eigenvalue weighted by Gasteiger charge is -2.11. The molecule has 1 atom stereocenters. The van der Waals surface area contributed by atoms with E-state index < -0.39 is 31.8 Å². The Labute approximate surface area is 156 Å². The van der Waals surface area contributed by atoms with Gasteiger partial charge in [-0.2, -0.15) is 0 Å². The zero-order chi connectivity index (χ0) is 18.9. The van der Waals surface area contributed by atoms with E-state index in [1.165, 1.54) is 12.1 Å². The number of phenols is 1. The second kappa shape index (κ2) is 7.05. The van der Waals surface area contributed by atoms with E-state index in [9.17, 15) is 18.1 Å². The van der Waals surface area contributed by atoms with Crippen molar-refractivity contribution in [3.8, 4) is 5.75 Å². The Hall–Kier alpha value is -2.44. The Morgan fingerprint density at radius 3 is 2.31 bits per heavy atom. The van der Waals surface area contributed by atoms with Crippen molar-refractivity contribution >= 4 is 55.8 Å². The van der Waals surface area contributed by atoms with Gasteiger partial charge in [0.25, 0.3) is 0 Å². The van der Waals surface area contributed by atoms with Gasteiger partial charge in [-0.1, -0.05) is 29.8 Å². The monoisotopic (exact) mass is 413 g/mol. The minimum atomic E-state index is -4.26. The van der Waals surface area contributed by atoms with Crippen LogP contribution in [0.15, 0.2) is 47.4 Å². The molecule has 1 unspecified atom stereocenters. The molecule has 12 heteroatoms. The molecule has 0 fully saturated rings. The van der Waals surface area contributed by atoms with E-state index in [-0.39, 0.29) is 22.3 Å². The number of anilines is 4. The van der Waals surface area contributed by atoms with Crippen molar-refractivity contribution in [1.82, 2.24) is 8.75 Å². The van der Waals surface area contributed by atoms with Gasteiger partial charge in [-0.25, -0.2) is 13.6 Å². The van der Waals surface area contributed by atoms with Crippen LogP contribution in [0.5, 0.6) is 5.75 Å². The first-order valence-electron chi connectivity index (χ1n) is 6.99. The summed E-state index contributed by atoms with van der Waals surface area (Å²) in [6, 6.07) is 11.5. The van der Waals surface area contributed by atoms with Crippen LogP contribution in [-0.2, 0) is 10.0 Å². The van der Waals surface area contributed by atoms with Crippen LogP contribution in [0.25, 0.3) is 0 Å². The molecule has 3 aromatic rings. The molecule has 0 aliphatic carbocycles. The summed E-state index contributed by atoms with van der Waals surface area (Å²) in [6.45, 7) is 0. The number of halogens is 1. The van der Waals surface area contributed by atoms with Crippen LogP contribution in [-0.4, -0.2) is 26.8 Å². The SMILES string of the molecule is NS(=O)(=O)c1c(Cl)ccc(Nc2n[s+]([O-])nc2Nc2ccccc2)c1O. The average molecular weight is 414 g/mol. The summed E-state index contributed by atoms with van der Waals surface area (Å²) >= 11 is 3.94. The first kappa shape index (κ1) is 18.4. The first-order valence-corrected chi connectivity index (χ1v) is 9.97. The zero-order valence-electron chi connectivity index (χ0n) is 12.9. The molecule has 0 aliphatic rings.